The highest BCUT2D eigenvalue weighted by Gasteiger charge is 2.43. The molecule has 0 amide bonds. The van der Waals surface area contributed by atoms with E-state index in [0.717, 1.165) is 18.6 Å². The highest BCUT2D eigenvalue weighted by molar-refractivity contribution is 7.99. The Morgan fingerprint density at radius 2 is 1.28 bits per heavy atom. The van der Waals surface area contributed by atoms with Crippen molar-refractivity contribution in [1.82, 2.24) is 0 Å². The monoisotopic (exact) mass is 727 g/mol. The Morgan fingerprint density at radius 3 is 1.72 bits per heavy atom. The summed E-state index contributed by atoms with van der Waals surface area (Å²) in [6.07, 6.45) is 3.22. The number of thiol groups is 2. The highest BCUT2D eigenvalue weighted by Crippen LogP contribution is 2.41. The number of thioether (sulfide) groups is 1. The van der Waals surface area contributed by atoms with E-state index in [4.69, 9.17) is 29.4 Å². The molecule has 0 bridgehead atoms. The quantitative estimate of drug-likeness (QED) is 0.0266. The molecule has 0 fully saturated rings. The van der Waals surface area contributed by atoms with Gasteiger partial charge in [-0.3, -0.25) is 14.4 Å². The molecule has 0 aliphatic heterocycles. The van der Waals surface area contributed by atoms with Crippen molar-refractivity contribution in [2.24, 2.45) is 22.5 Å². The Bertz CT molecular complexity index is 901. The fourth-order valence-corrected chi connectivity index (χ4v) is 5.54. The number of ether oxygens (including phenoxy) is 5. The molecule has 0 aromatic rings. The van der Waals surface area contributed by atoms with Gasteiger partial charge in [0.1, 0.15) is 25.5 Å². The van der Waals surface area contributed by atoms with E-state index in [0.29, 0.717) is 43.3 Å². The van der Waals surface area contributed by atoms with Crippen LogP contribution < -0.4 is 5.73 Å². The van der Waals surface area contributed by atoms with Crippen LogP contribution in [0.1, 0.15) is 107 Å². The van der Waals surface area contributed by atoms with Crippen LogP contribution in [-0.4, -0.2) is 96.0 Å². The van der Waals surface area contributed by atoms with Crippen LogP contribution in [0.4, 0.5) is 0 Å². The second-order valence-corrected chi connectivity index (χ2v) is 16.5. The number of rotatable bonds is 27. The van der Waals surface area contributed by atoms with E-state index in [9.17, 15) is 19.5 Å². The number of carbonyl (C=O) groups excluding carboxylic acids is 3. The number of hydrogen-bond donors (Lipinski definition) is 4. The highest BCUT2D eigenvalue weighted by atomic mass is 32.2. The molecule has 10 nitrogen and oxygen atoms in total. The molecular formula is C34H65NO9S3. The molecule has 0 radical (unpaired) electrons. The van der Waals surface area contributed by atoms with E-state index in [2.05, 4.69) is 73.7 Å². The fourth-order valence-electron chi connectivity index (χ4n) is 4.31. The molecule has 0 rings (SSSR count). The van der Waals surface area contributed by atoms with Gasteiger partial charge < -0.3 is 34.5 Å². The molecule has 0 saturated heterocycles. The standard InChI is InChI=1S/C34H65NO9S3/c1-10-34(23-40-27(36)12-18-45,24-41-28(37)13-19-46)25-42-29(38)14-21-47-20-11-15-30(3,4)44-22-26(2)31(5,6)32(7,8)43-17-16-33(9,35)39/h26,39,45-46H,10-25,35H2,1-9H3. The van der Waals surface area contributed by atoms with Gasteiger partial charge in [-0.1, -0.05) is 27.7 Å². The fraction of sp³-hybridized carbons (Fsp3) is 0.912. The molecule has 13 heteroatoms. The van der Waals surface area contributed by atoms with Crippen molar-refractivity contribution in [1.29, 1.82) is 0 Å². The van der Waals surface area contributed by atoms with Gasteiger partial charge in [-0.25, -0.2) is 0 Å². The SMILES string of the molecule is CCC(COC(=O)CCS)(COC(=O)CCS)COC(=O)CCSCCCC(C)(C)OCC(C)C(C)(C)C(C)(C)OCCC(C)(N)O. The summed E-state index contributed by atoms with van der Waals surface area (Å²) in [4.78, 5) is 36.5. The number of nitrogens with two attached hydrogens (primary N) is 1. The Morgan fingerprint density at radius 1 is 0.787 bits per heavy atom. The first-order chi connectivity index (χ1) is 21.7. The van der Waals surface area contributed by atoms with Gasteiger partial charge in [-0.15, -0.1) is 0 Å². The van der Waals surface area contributed by atoms with Crippen LogP contribution in [0.25, 0.3) is 0 Å². The topological polar surface area (TPSA) is 144 Å². The van der Waals surface area contributed by atoms with Crippen LogP contribution >= 0.6 is 37.0 Å². The van der Waals surface area contributed by atoms with Crippen molar-refractivity contribution < 1.29 is 43.2 Å². The lowest BCUT2D eigenvalue weighted by Crippen LogP contribution is -2.48. The van der Waals surface area contributed by atoms with Gasteiger partial charge in [0.2, 0.25) is 0 Å². The Kier molecular flexibility index (Phi) is 21.9. The summed E-state index contributed by atoms with van der Waals surface area (Å²) in [6, 6.07) is 0. The lowest BCUT2D eigenvalue weighted by atomic mass is 9.68. The van der Waals surface area contributed by atoms with Crippen molar-refractivity contribution in [2.45, 2.75) is 124 Å². The van der Waals surface area contributed by atoms with Crippen LogP contribution in [0.15, 0.2) is 0 Å². The molecule has 3 N–H and O–H groups in total. The molecule has 47 heavy (non-hydrogen) atoms. The van der Waals surface area contributed by atoms with Crippen LogP contribution in [-0.2, 0) is 38.1 Å². The molecule has 0 spiro atoms. The molecule has 278 valence electrons. The maximum atomic E-state index is 12.6. The van der Waals surface area contributed by atoms with Crippen molar-refractivity contribution in [2.75, 3.05) is 56.0 Å². The normalized spacial score (nSPS) is 14.7. The maximum Gasteiger partial charge on any atom is 0.306 e. The molecule has 0 saturated carbocycles. The van der Waals surface area contributed by atoms with E-state index in [1.165, 1.54) is 0 Å². The zero-order valence-electron chi connectivity index (χ0n) is 30.5. The Balaban J connectivity index is 4.67. The summed E-state index contributed by atoms with van der Waals surface area (Å²) in [7, 11) is 0. The summed E-state index contributed by atoms with van der Waals surface area (Å²) in [5.41, 5.74) is 2.67. The van der Waals surface area contributed by atoms with Crippen molar-refractivity contribution in [3.63, 3.8) is 0 Å². The number of esters is 3. The third kappa shape index (κ3) is 19.9. The predicted octanol–water partition coefficient (Wildman–Crippen LogP) is 5.87. The minimum Gasteiger partial charge on any atom is -0.465 e. The summed E-state index contributed by atoms with van der Waals surface area (Å²) in [5, 5.41) is 9.81. The summed E-state index contributed by atoms with van der Waals surface area (Å²) in [6.45, 7) is 19.2. The van der Waals surface area contributed by atoms with E-state index in [1.807, 2.05) is 6.92 Å². The maximum absolute atomic E-state index is 12.6. The molecule has 0 aromatic carbocycles. The van der Waals surface area contributed by atoms with Gasteiger partial charge in [0, 0.05) is 23.7 Å². The van der Waals surface area contributed by atoms with E-state index in [-0.39, 0.29) is 62.0 Å². The lowest BCUT2D eigenvalue weighted by molar-refractivity contribution is -0.161. The van der Waals surface area contributed by atoms with Crippen LogP contribution in [0.5, 0.6) is 0 Å². The summed E-state index contributed by atoms with van der Waals surface area (Å²) in [5.74, 6) is 1.28. The molecule has 2 unspecified atom stereocenters. The van der Waals surface area contributed by atoms with Crippen LogP contribution in [0.2, 0.25) is 0 Å². The van der Waals surface area contributed by atoms with Gasteiger partial charge in [-0.05, 0) is 71.0 Å². The minimum absolute atomic E-state index is 0.0187. The van der Waals surface area contributed by atoms with Crippen LogP contribution in [0.3, 0.4) is 0 Å². The minimum atomic E-state index is -1.25. The van der Waals surface area contributed by atoms with E-state index in [1.54, 1.807) is 18.7 Å². The first-order valence-corrected chi connectivity index (χ1v) is 19.1. The van der Waals surface area contributed by atoms with Crippen molar-refractivity contribution >= 4 is 54.9 Å². The number of carbonyl (C=O) groups is 3. The van der Waals surface area contributed by atoms with Gasteiger partial charge in [0.25, 0.3) is 0 Å². The molecule has 0 aliphatic rings. The zero-order chi connectivity index (χ0) is 36.4. The largest absolute Gasteiger partial charge is 0.465 e. The van der Waals surface area contributed by atoms with Crippen molar-refractivity contribution in [3.8, 4) is 0 Å². The van der Waals surface area contributed by atoms with E-state index >= 15 is 0 Å². The van der Waals surface area contributed by atoms with Gasteiger partial charge in [0.15, 0.2) is 0 Å². The molecule has 2 atom stereocenters. The molecule has 0 aliphatic carbocycles. The van der Waals surface area contributed by atoms with Crippen molar-refractivity contribution in [3.05, 3.63) is 0 Å². The number of hydrogen-bond acceptors (Lipinski definition) is 13. The molecule has 0 aromatic heterocycles. The smallest absolute Gasteiger partial charge is 0.306 e. The third-order valence-electron chi connectivity index (χ3n) is 9.10. The average molecular weight is 728 g/mol. The predicted molar refractivity (Wildman–Crippen MR) is 196 cm³/mol. The zero-order valence-corrected chi connectivity index (χ0v) is 33.1. The lowest BCUT2D eigenvalue weighted by Gasteiger charge is -2.46. The second kappa shape index (κ2) is 22.2. The second-order valence-electron chi connectivity index (χ2n) is 14.4. The van der Waals surface area contributed by atoms with E-state index < -0.39 is 28.7 Å². The third-order valence-corrected chi connectivity index (χ3v) is 10.6. The summed E-state index contributed by atoms with van der Waals surface area (Å²) >= 11 is 9.80. The van der Waals surface area contributed by atoms with Gasteiger partial charge >= 0.3 is 17.9 Å². The molecular weight excluding hydrogens is 663 g/mol. The first kappa shape index (κ1) is 46.3. The Labute approximate surface area is 299 Å². The molecule has 0 heterocycles. The average Bonchev–Trinajstić information content (AvgIpc) is 2.97. The Hall–Kier alpha value is -0.700. The van der Waals surface area contributed by atoms with Gasteiger partial charge in [-0.2, -0.15) is 37.0 Å². The number of aliphatic hydroxyl groups is 1. The first-order valence-electron chi connectivity index (χ1n) is 16.7. The van der Waals surface area contributed by atoms with Gasteiger partial charge in [0.05, 0.1) is 49.1 Å². The summed E-state index contributed by atoms with van der Waals surface area (Å²) < 4.78 is 28.9. The van der Waals surface area contributed by atoms with Crippen LogP contribution in [0, 0.1) is 16.7 Å².